The summed E-state index contributed by atoms with van der Waals surface area (Å²) >= 11 is 12.3. The van der Waals surface area contributed by atoms with Gasteiger partial charge in [0.25, 0.3) is 0 Å². The molecule has 0 bridgehead atoms. The van der Waals surface area contributed by atoms with Crippen LogP contribution in [-0.2, 0) is 0 Å². The van der Waals surface area contributed by atoms with Crippen molar-refractivity contribution in [2.45, 2.75) is 38.6 Å². The molecule has 1 aliphatic rings. The molecule has 0 saturated carbocycles. The Morgan fingerprint density at radius 3 is 2.55 bits per heavy atom. The molecule has 2 rings (SSSR count). The second-order valence-electron chi connectivity index (χ2n) is 5.57. The van der Waals surface area contributed by atoms with Gasteiger partial charge in [0.15, 0.2) is 0 Å². The molecule has 4 heteroatoms. The Hall–Kier alpha value is -0.280. The molecule has 1 heterocycles. The zero-order chi connectivity index (χ0) is 14.4. The summed E-state index contributed by atoms with van der Waals surface area (Å²) < 4.78 is 0. The smallest absolute Gasteiger partial charge is 0.0639 e. The fraction of sp³-hybridized carbons (Fsp3) is 0.625. The van der Waals surface area contributed by atoms with Crippen LogP contribution in [0.3, 0.4) is 0 Å². The molecule has 112 valence electrons. The largest absolute Gasteiger partial charge is 0.309 e. The fourth-order valence-corrected chi connectivity index (χ4v) is 3.24. The van der Waals surface area contributed by atoms with Gasteiger partial charge in [0.2, 0.25) is 0 Å². The topological polar surface area (TPSA) is 15.3 Å². The molecule has 0 radical (unpaired) electrons. The minimum atomic E-state index is 0.230. The van der Waals surface area contributed by atoms with Crippen LogP contribution in [-0.4, -0.2) is 31.1 Å². The Bertz CT molecular complexity index is 415. The predicted octanol–water partition coefficient (Wildman–Crippen LogP) is 4.52. The molecular formula is C16H24Cl2N2. The van der Waals surface area contributed by atoms with Crippen LogP contribution in [0, 0.1) is 0 Å². The highest BCUT2D eigenvalue weighted by Crippen LogP contribution is 2.29. The third-order valence-corrected chi connectivity index (χ3v) is 4.86. The van der Waals surface area contributed by atoms with Crippen molar-refractivity contribution in [3.05, 3.63) is 33.8 Å². The molecule has 1 fully saturated rings. The van der Waals surface area contributed by atoms with Crippen molar-refractivity contribution in [2.75, 3.05) is 26.2 Å². The van der Waals surface area contributed by atoms with Gasteiger partial charge in [-0.05, 0) is 44.5 Å². The first kappa shape index (κ1) is 16.1. The second kappa shape index (κ2) is 8.23. The van der Waals surface area contributed by atoms with Crippen LogP contribution < -0.4 is 5.32 Å². The number of halogens is 2. The first-order valence-electron chi connectivity index (χ1n) is 7.58. The molecule has 0 aromatic heterocycles. The number of nitrogens with zero attached hydrogens (tertiary/aromatic N) is 1. The van der Waals surface area contributed by atoms with Crippen molar-refractivity contribution >= 4 is 23.2 Å². The molecule has 1 atom stereocenters. The van der Waals surface area contributed by atoms with E-state index in [4.69, 9.17) is 23.2 Å². The van der Waals surface area contributed by atoms with E-state index in [-0.39, 0.29) is 6.04 Å². The van der Waals surface area contributed by atoms with E-state index in [2.05, 4.69) is 17.1 Å². The Labute approximate surface area is 132 Å². The van der Waals surface area contributed by atoms with Crippen molar-refractivity contribution in [1.29, 1.82) is 0 Å². The predicted molar refractivity (Wildman–Crippen MR) is 87.8 cm³/mol. The van der Waals surface area contributed by atoms with Crippen LogP contribution in [0.5, 0.6) is 0 Å². The van der Waals surface area contributed by atoms with Crippen LogP contribution in [0.1, 0.15) is 44.2 Å². The zero-order valence-corrected chi connectivity index (χ0v) is 13.7. The summed E-state index contributed by atoms with van der Waals surface area (Å²) in [6.45, 7) is 6.73. The first-order chi connectivity index (χ1) is 9.68. The highest BCUT2D eigenvalue weighted by Gasteiger charge is 2.12. The normalized spacial score (nSPS) is 18.8. The molecule has 1 unspecified atom stereocenters. The van der Waals surface area contributed by atoms with Crippen molar-refractivity contribution in [2.24, 2.45) is 0 Å². The third kappa shape index (κ3) is 4.63. The van der Waals surface area contributed by atoms with Crippen LogP contribution in [0.25, 0.3) is 0 Å². The summed E-state index contributed by atoms with van der Waals surface area (Å²) in [7, 11) is 0. The molecule has 1 aromatic rings. The number of likely N-dealkylation sites (tertiary alicyclic amines) is 1. The fourth-order valence-electron chi connectivity index (χ4n) is 2.76. The highest BCUT2D eigenvalue weighted by atomic mass is 35.5. The van der Waals surface area contributed by atoms with Crippen LogP contribution in [0.15, 0.2) is 18.2 Å². The quantitative estimate of drug-likeness (QED) is 0.859. The van der Waals surface area contributed by atoms with Gasteiger partial charge in [0, 0.05) is 19.1 Å². The summed E-state index contributed by atoms with van der Waals surface area (Å²) in [5.74, 6) is 0. The minimum absolute atomic E-state index is 0.230. The van der Waals surface area contributed by atoms with E-state index in [0.717, 1.165) is 18.7 Å². The summed E-state index contributed by atoms with van der Waals surface area (Å²) in [5.41, 5.74) is 1.08. The van der Waals surface area contributed by atoms with E-state index in [1.54, 1.807) is 0 Å². The van der Waals surface area contributed by atoms with Gasteiger partial charge in [-0.1, -0.05) is 48.2 Å². The van der Waals surface area contributed by atoms with E-state index in [1.807, 2.05) is 18.2 Å². The number of hydrogen-bond donors (Lipinski definition) is 1. The van der Waals surface area contributed by atoms with Gasteiger partial charge in [-0.15, -0.1) is 0 Å². The number of hydrogen-bond acceptors (Lipinski definition) is 2. The molecule has 2 nitrogen and oxygen atoms in total. The number of benzene rings is 1. The van der Waals surface area contributed by atoms with E-state index >= 15 is 0 Å². The van der Waals surface area contributed by atoms with Gasteiger partial charge in [0.05, 0.1) is 10.0 Å². The molecule has 20 heavy (non-hydrogen) atoms. The van der Waals surface area contributed by atoms with Gasteiger partial charge in [-0.25, -0.2) is 0 Å². The summed E-state index contributed by atoms with van der Waals surface area (Å²) in [5, 5.41) is 4.85. The van der Waals surface area contributed by atoms with Crippen LogP contribution in [0.2, 0.25) is 10.0 Å². The Balaban J connectivity index is 1.79. The second-order valence-corrected chi connectivity index (χ2v) is 6.36. The maximum absolute atomic E-state index is 6.25. The minimum Gasteiger partial charge on any atom is -0.309 e. The molecule has 1 saturated heterocycles. The first-order valence-corrected chi connectivity index (χ1v) is 8.33. The monoisotopic (exact) mass is 314 g/mol. The number of rotatable bonds is 5. The average molecular weight is 315 g/mol. The molecule has 0 amide bonds. The van der Waals surface area contributed by atoms with E-state index < -0.39 is 0 Å². The van der Waals surface area contributed by atoms with Gasteiger partial charge in [-0.3, -0.25) is 0 Å². The lowest BCUT2D eigenvalue weighted by Crippen LogP contribution is -2.33. The highest BCUT2D eigenvalue weighted by molar-refractivity contribution is 6.42. The van der Waals surface area contributed by atoms with Gasteiger partial charge < -0.3 is 10.2 Å². The van der Waals surface area contributed by atoms with Crippen molar-refractivity contribution < 1.29 is 0 Å². The maximum Gasteiger partial charge on any atom is 0.0639 e. The molecule has 0 spiro atoms. The standard InChI is InChI=1S/C16H24Cl2N2/c1-13(14-7-6-8-15(17)16(14)18)19-9-12-20-10-4-2-3-5-11-20/h6-8,13,19H,2-5,9-12H2,1H3. The molecular weight excluding hydrogens is 291 g/mol. The van der Waals surface area contributed by atoms with Gasteiger partial charge >= 0.3 is 0 Å². The summed E-state index contributed by atoms with van der Waals surface area (Å²) in [6.07, 6.45) is 5.46. The van der Waals surface area contributed by atoms with Gasteiger partial charge in [0.1, 0.15) is 0 Å². The van der Waals surface area contributed by atoms with Crippen molar-refractivity contribution in [3.8, 4) is 0 Å². The lowest BCUT2D eigenvalue weighted by atomic mass is 10.1. The van der Waals surface area contributed by atoms with E-state index in [0.29, 0.717) is 10.0 Å². The zero-order valence-electron chi connectivity index (χ0n) is 12.2. The summed E-state index contributed by atoms with van der Waals surface area (Å²) in [4.78, 5) is 2.56. The molecule has 1 aliphatic heterocycles. The van der Waals surface area contributed by atoms with Crippen LogP contribution >= 0.6 is 23.2 Å². The molecule has 1 N–H and O–H groups in total. The Kier molecular flexibility index (Phi) is 6.63. The van der Waals surface area contributed by atoms with E-state index in [1.165, 1.54) is 38.8 Å². The SMILES string of the molecule is CC(NCCN1CCCCCC1)c1cccc(Cl)c1Cl. The number of nitrogens with one attached hydrogen (secondary N) is 1. The summed E-state index contributed by atoms with van der Waals surface area (Å²) in [6, 6.07) is 6.05. The lowest BCUT2D eigenvalue weighted by Gasteiger charge is -2.22. The Morgan fingerprint density at radius 1 is 1.15 bits per heavy atom. The van der Waals surface area contributed by atoms with Crippen molar-refractivity contribution in [1.82, 2.24) is 10.2 Å². The van der Waals surface area contributed by atoms with E-state index in [9.17, 15) is 0 Å². The molecule has 1 aromatic carbocycles. The van der Waals surface area contributed by atoms with Gasteiger partial charge in [-0.2, -0.15) is 0 Å². The third-order valence-electron chi connectivity index (χ3n) is 4.03. The lowest BCUT2D eigenvalue weighted by molar-refractivity contribution is 0.280. The Morgan fingerprint density at radius 2 is 1.85 bits per heavy atom. The molecule has 0 aliphatic carbocycles. The average Bonchev–Trinajstić information content (AvgIpc) is 2.70. The van der Waals surface area contributed by atoms with Crippen LogP contribution in [0.4, 0.5) is 0 Å². The maximum atomic E-state index is 6.25. The van der Waals surface area contributed by atoms with Crippen molar-refractivity contribution in [3.63, 3.8) is 0 Å².